The number of nitrogens with zero attached hydrogens (tertiary/aromatic N) is 4. The lowest BCUT2D eigenvalue weighted by molar-refractivity contribution is 0.0926. The second-order valence-electron chi connectivity index (χ2n) is 7.41. The first-order chi connectivity index (χ1) is 13.5. The highest BCUT2D eigenvalue weighted by Crippen LogP contribution is 2.24. The second kappa shape index (κ2) is 7.89. The summed E-state index contributed by atoms with van der Waals surface area (Å²) < 4.78 is 2.08. The highest BCUT2D eigenvalue weighted by atomic mass is 32.1. The molecule has 0 saturated carbocycles. The van der Waals surface area contributed by atoms with Crippen LogP contribution in [0, 0.1) is 20.8 Å². The molecule has 28 heavy (non-hydrogen) atoms. The minimum Gasteiger partial charge on any atom is -0.369 e. The van der Waals surface area contributed by atoms with E-state index in [0.717, 1.165) is 48.3 Å². The molecule has 1 fully saturated rings. The number of anilines is 1. The lowest BCUT2D eigenvalue weighted by Crippen LogP contribution is -2.48. The van der Waals surface area contributed by atoms with E-state index in [1.54, 1.807) is 17.5 Å². The van der Waals surface area contributed by atoms with Gasteiger partial charge in [0.1, 0.15) is 0 Å². The second-order valence-corrected chi connectivity index (χ2v) is 8.28. The third-order valence-electron chi connectivity index (χ3n) is 5.54. The summed E-state index contributed by atoms with van der Waals surface area (Å²) in [4.78, 5) is 22.1. The van der Waals surface area contributed by atoms with Crippen molar-refractivity contribution in [1.29, 1.82) is 0 Å². The molecule has 1 aromatic carbocycles. The summed E-state index contributed by atoms with van der Waals surface area (Å²) >= 11 is 1.59. The molecule has 0 atom stereocenters. The Morgan fingerprint density at radius 1 is 1.11 bits per heavy atom. The Bertz CT molecular complexity index is 969. The Morgan fingerprint density at radius 3 is 2.54 bits per heavy atom. The molecule has 0 radical (unpaired) electrons. The quantitative estimate of drug-likeness (QED) is 0.616. The molecule has 1 aliphatic rings. The van der Waals surface area contributed by atoms with Gasteiger partial charge in [0.2, 0.25) is 0 Å². The number of hydrogen-bond acceptors (Lipinski definition) is 5. The Hall–Kier alpha value is -2.44. The minimum absolute atomic E-state index is 0.195. The van der Waals surface area contributed by atoms with Crippen molar-refractivity contribution in [1.82, 2.24) is 14.5 Å². The molecule has 2 aromatic heterocycles. The van der Waals surface area contributed by atoms with Gasteiger partial charge in [-0.05, 0) is 38.5 Å². The fourth-order valence-corrected chi connectivity index (χ4v) is 4.77. The highest BCUT2D eigenvalue weighted by molar-refractivity contribution is 7.12. The maximum absolute atomic E-state index is 13.0. The molecule has 3 aromatic rings. The third-order valence-corrected chi connectivity index (χ3v) is 6.29. The van der Waals surface area contributed by atoms with Crippen LogP contribution >= 0.6 is 11.3 Å². The Kier molecular flexibility index (Phi) is 5.33. The van der Waals surface area contributed by atoms with Gasteiger partial charge in [-0.25, -0.2) is 4.98 Å². The molecule has 1 saturated heterocycles. The molecule has 0 aliphatic carbocycles. The van der Waals surface area contributed by atoms with Crippen LogP contribution in [0.25, 0.3) is 5.13 Å². The number of ketones is 1. The fraction of sp³-hybridized carbons (Fsp3) is 0.364. The molecule has 3 heterocycles. The number of aromatic nitrogens is 2. The Morgan fingerprint density at radius 2 is 1.86 bits per heavy atom. The van der Waals surface area contributed by atoms with E-state index in [1.807, 2.05) is 25.3 Å². The summed E-state index contributed by atoms with van der Waals surface area (Å²) in [6.45, 7) is 10.4. The van der Waals surface area contributed by atoms with Crippen molar-refractivity contribution in [3.05, 3.63) is 64.4 Å². The molecule has 0 spiro atoms. The number of aryl methyl sites for hydroxylation is 2. The number of carbonyl (C=O) groups excluding carboxylic acids is 1. The lowest BCUT2D eigenvalue weighted by Gasteiger charge is -2.36. The molecule has 146 valence electrons. The molecule has 0 amide bonds. The standard InChI is InChI=1S/C22H26N4OS/c1-16-6-4-5-7-20(16)25-11-9-24(10-12-25)15-21(27)19-14-17(2)26(18(19)3)22-23-8-13-28-22/h4-8,13-14H,9-12,15H2,1-3H3. The van der Waals surface area contributed by atoms with E-state index in [0.29, 0.717) is 6.54 Å². The van der Waals surface area contributed by atoms with E-state index in [-0.39, 0.29) is 5.78 Å². The summed E-state index contributed by atoms with van der Waals surface area (Å²) in [6.07, 6.45) is 1.80. The topological polar surface area (TPSA) is 41.4 Å². The van der Waals surface area contributed by atoms with Crippen LogP contribution < -0.4 is 4.90 Å². The zero-order valence-electron chi connectivity index (χ0n) is 16.7. The number of para-hydroxylation sites is 1. The van der Waals surface area contributed by atoms with Gasteiger partial charge in [-0.2, -0.15) is 0 Å². The van der Waals surface area contributed by atoms with Crippen LogP contribution in [0.15, 0.2) is 41.9 Å². The van der Waals surface area contributed by atoms with Crippen molar-refractivity contribution < 1.29 is 4.79 Å². The van der Waals surface area contributed by atoms with Crippen molar-refractivity contribution in [2.45, 2.75) is 20.8 Å². The van der Waals surface area contributed by atoms with Gasteiger partial charge in [0.15, 0.2) is 10.9 Å². The maximum atomic E-state index is 13.0. The fourth-order valence-electron chi connectivity index (χ4n) is 4.02. The molecule has 0 unspecified atom stereocenters. The number of hydrogen-bond donors (Lipinski definition) is 0. The van der Waals surface area contributed by atoms with Crippen molar-refractivity contribution >= 4 is 22.8 Å². The van der Waals surface area contributed by atoms with Crippen LogP contribution in [-0.2, 0) is 0 Å². The Balaban J connectivity index is 1.42. The average Bonchev–Trinajstić information content (AvgIpc) is 3.30. The van der Waals surface area contributed by atoms with Crippen LogP contribution in [0.4, 0.5) is 5.69 Å². The average molecular weight is 395 g/mol. The van der Waals surface area contributed by atoms with E-state index in [1.165, 1.54) is 11.3 Å². The number of Topliss-reactive ketones (excluding diaryl/α,β-unsaturated/α-hetero) is 1. The number of thiazole rings is 1. The molecule has 1 aliphatic heterocycles. The van der Waals surface area contributed by atoms with Gasteiger partial charge in [0.25, 0.3) is 0 Å². The van der Waals surface area contributed by atoms with Gasteiger partial charge in [-0.15, -0.1) is 11.3 Å². The summed E-state index contributed by atoms with van der Waals surface area (Å²) in [5, 5.41) is 2.88. The van der Waals surface area contributed by atoms with Crippen LogP contribution in [0.1, 0.15) is 27.3 Å². The summed E-state index contributed by atoms with van der Waals surface area (Å²) in [5.74, 6) is 0.195. The highest BCUT2D eigenvalue weighted by Gasteiger charge is 2.23. The lowest BCUT2D eigenvalue weighted by atomic mass is 10.1. The molecule has 0 N–H and O–H groups in total. The summed E-state index contributed by atoms with van der Waals surface area (Å²) in [7, 11) is 0. The minimum atomic E-state index is 0.195. The number of benzene rings is 1. The van der Waals surface area contributed by atoms with Crippen molar-refractivity contribution in [3.63, 3.8) is 0 Å². The van der Waals surface area contributed by atoms with E-state index in [2.05, 4.69) is 50.5 Å². The zero-order valence-corrected chi connectivity index (χ0v) is 17.5. The smallest absolute Gasteiger partial charge is 0.193 e. The molecular formula is C22H26N4OS. The molecule has 5 nitrogen and oxygen atoms in total. The molecule has 4 rings (SSSR count). The maximum Gasteiger partial charge on any atom is 0.193 e. The van der Waals surface area contributed by atoms with E-state index < -0.39 is 0 Å². The monoisotopic (exact) mass is 394 g/mol. The first kappa shape index (κ1) is 18.9. The van der Waals surface area contributed by atoms with Crippen molar-refractivity contribution in [3.8, 4) is 5.13 Å². The first-order valence-corrected chi connectivity index (χ1v) is 10.6. The van der Waals surface area contributed by atoms with Crippen LogP contribution in [0.5, 0.6) is 0 Å². The van der Waals surface area contributed by atoms with E-state index >= 15 is 0 Å². The van der Waals surface area contributed by atoms with Gasteiger partial charge in [-0.3, -0.25) is 14.3 Å². The SMILES string of the molecule is Cc1ccccc1N1CCN(CC(=O)c2cc(C)n(-c3nccs3)c2C)CC1. The number of piperazine rings is 1. The predicted octanol–water partition coefficient (Wildman–Crippen LogP) is 3.86. The van der Waals surface area contributed by atoms with Gasteiger partial charge in [0, 0.05) is 60.4 Å². The normalized spacial score (nSPS) is 15.2. The van der Waals surface area contributed by atoms with Gasteiger partial charge in [-0.1, -0.05) is 18.2 Å². The summed E-state index contributed by atoms with van der Waals surface area (Å²) in [6, 6.07) is 10.5. The van der Waals surface area contributed by atoms with Gasteiger partial charge in [0.05, 0.1) is 6.54 Å². The van der Waals surface area contributed by atoms with Crippen LogP contribution in [0.2, 0.25) is 0 Å². The first-order valence-electron chi connectivity index (χ1n) is 9.69. The largest absolute Gasteiger partial charge is 0.369 e. The molecule has 0 bridgehead atoms. The van der Waals surface area contributed by atoms with Crippen LogP contribution in [-0.4, -0.2) is 53.0 Å². The van der Waals surface area contributed by atoms with E-state index in [9.17, 15) is 4.79 Å². The Labute approximate surface area is 170 Å². The van der Waals surface area contributed by atoms with Crippen molar-refractivity contribution in [2.24, 2.45) is 0 Å². The zero-order chi connectivity index (χ0) is 19.7. The van der Waals surface area contributed by atoms with Crippen LogP contribution in [0.3, 0.4) is 0 Å². The molecular weight excluding hydrogens is 368 g/mol. The van der Waals surface area contributed by atoms with E-state index in [4.69, 9.17) is 0 Å². The van der Waals surface area contributed by atoms with Gasteiger partial charge >= 0.3 is 0 Å². The number of rotatable bonds is 5. The summed E-state index contributed by atoms with van der Waals surface area (Å²) in [5.41, 5.74) is 5.47. The van der Waals surface area contributed by atoms with Crippen molar-refractivity contribution in [2.75, 3.05) is 37.6 Å². The molecule has 6 heteroatoms. The third kappa shape index (κ3) is 3.62. The number of carbonyl (C=O) groups is 1. The van der Waals surface area contributed by atoms with Gasteiger partial charge < -0.3 is 4.90 Å². The predicted molar refractivity (Wildman–Crippen MR) is 115 cm³/mol.